The molecule has 0 amide bonds. The van der Waals surface area contributed by atoms with Crippen LogP contribution in [0.2, 0.25) is 0 Å². The van der Waals surface area contributed by atoms with Crippen molar-refractivity contribution in [2.75, 3.05) is 19.0 Å². The molecule has 0 bridgehead atoms. The van der Waals surface area contributed by atoms with E-state index in [0.717, 1.165) is 5.01 Å². The standard InChI is InChI=1S/C16H17F2N7O2.C4H6/c17-6-10(7-18)9-24(21)16(23-20)13-5-11(8-22-15(13)19)12-3-1-2-4-14(12)25(26)27;1-3-4-2/h1-6,8H,7,9,20-21H2,(H2,19,22);3-4H,1-2H2/b10-6+,23-16-;. The summed E-state index contributed by atoms with van der Waals surface area (Å²) in [4.78, 5) is 14.7. The minimum absolute atomic E-state index is 0.0111. The third-order valence-corrected chi connectivity index (χ3v) is 3.83. The molecular weight excluding hydrogens is 408 g/mol. The zero-order chi connectivity index (χ0) is 23.4. The largest absolute Gasteiger partial charge is 0.383 e. The number of nitrogens with two attached hydrogens (primary N) is 3. The average Bonchev–Trinajstić information content (AvgIpc) is 2.79. The number of aromatic nitrogens is 1. The van der Waals surface area contributed by atoms with Gasteiger partial charge < -0.3 is 11.6 Å². The molecular formula is C20H23F2N7O2. The number of alkyl halides is 1. The number of hydrogen-bond donors (Lipinski definition) is 3. The minimum atomic E-state index is -1.05. The number of hydrazine groups is 1. The van der Waals surface area contributed by atoms with E-state index in [1.807, 2.05) is 0 Å². The number of allylic oxidation sites excluding steroid dienone is 2. The van der Waals surface area contributed by atoms with E-state index in [1.54, 1.807) is 24.3 Å². The lowest BCUT2D eigenvalue weighted by Crippen LogP contribution is -2.40. The van der Waals surface area contributed by atoms with Crippen LogP contribution < -0.4 is 17.4 Å². The molecule has 6 N–H and O–H groups in total. The van der Waals surface area contributed by atoms with Gasteiger partial charge in [-0.2, -0.15) is 5.10 Å². The fourth-order valence-electron chi connectivity index (χ4n) is 2.38. The van der Waals surface area contributed by atoms with Crippen LogP contribution in [0.3, 0.4) is 0 Å². The number of hydrogen-bond acceptors (Lipinski definition) is 7. The van der Waals surface area contributed by atoms with Gasteiger partial charge in [-0.15, -0.1) is 0 Å². The molecule has 0 radical (unpaired) electrons. The molecule has 0 saturated heterocycles. The van der Waals surface area contributed by atoms with Crippen LogP contribution in [0.1, 0.15) is 5.56 Å². The lowest BCUT2D eigenvalue weighted by Gasteiger charge is -2.21. The van der Waals surface area contributed by atoms with Crippen LogP contribution in [0.4, 0.5) is 20.3 Å². The van der Waals surface area contributed by atoms with E-state index in [2.05, 4.69) is 23.2 Å². The highest BCUT2D eigenvalue weighted by atomic mass is 19.1. The number of nitrogen functional groups attached to an aromatic ring is 1. The first-order valence-corrected chi connectivity index (χ1v) is 8.71. The second-order valence-electron chi connectivity index (χ2n) is 5.88. The number of para-hydroxylation sites is 1. The fourth-order valence-corrected chi connectivity index (χ4v) is 2.38. The first-order valence-electron chi connectivity index (χ1n) is 8.71. The summed E-state index contributed by atoms with van der Waals surface area (Å²) in [5.74, 6) is 11.1. The topological polar surface area (TPSA) is 150 Å². The van der Waals surface area contributed by atoms with E-state index >= 15 is 0 Å². The summed E-state index contributed by atoms with van der Waals surface area (Å²) in [7, 11) is 0. The molecule has 0 saturated carbocycles. The summed E-state index contributed by atoms with van der Waals surface area (Å²) >= 11 is 0. The summed E-state index contributed by atoms with van der Waals surface area (Å²) in [6.45, 7) is 5.34. The molecule has 11 heteroatoms. The van der Waals surface area contributed by atoms with E-state index in [-0.39, 0.29) is 41.4 Å². The molecule has 0 fully saturated rings. The Balaban J connectivity index is 0.00000110. The highest BCUT2D eigenvalue weighted by molar-refractivity contribution is 6.03. The third-order valence-electron chi connectivity index (χ3n) is 3.83. The molecule has 0 spiro atoms. The highest BCUT2D eigenvalue weighted by Crippen LogP contribution is 2.30. The van der Waals surface area contributed by atoms with Crippen molar-refractivity contribution in [1.29, 1.82) is 0 Å². The molecule has 1 heterocycles. The van der Waals surface area contributed by atoms with Crippen molar-refractivity contribution in [1.82, 2.24) is 9.99 Å². The van der Waals surface area contributed by atoms with Crippen LogP contribution in [0, 0.1) is 10.1 Å². The van der Waals surface area contributed by atoms with Crippen molar-refractivity contribution in [3.63, 3.8) is 0 Å². The van der Waals surface area contributed by atoms with E-state index in [4.69, 9.17) is 17.4 Å². The molecule has 2 rings (SSSR count). The Morgan fingerprint density at radius 1 is 1.32 bits per heavy atom. The van der Waals surface area contributed by atoms with E-state index in [0.29, 0.717) is 11.1 Å². The first-order chi connectivity index (χ1) is 14.8. The summed E-state index contributed by atoms with van der Waals surface area (Å²) in [5.41, 5.74) is 6.30. The molecule has 0 aliphatic rings. The number of halogens is 2. The number of nitrogens with zero attached hydrogens (tertiary/aromatic N) is 4. The smallest absolute Gasteiger partial charge is 0.277 e. The average molecular weight is 431 g/mol. The maximum absolute atomic E-state index is 12.7. The van der Waals surface area contributed by atoms with Crippen LogP contribution >= 0.6 is 0 Å². The minimum Gasteiger partial charge on any atom is -0.383 e. The predicted octanol–water partition coefficient (Wildman–Crippen LogP) is 3.22. The molecule has 0 aliphatic carbocycles. The number of amidine groups is 1. The van der Waals surface area contributed by atoms with Crippen molar-refractivity contribution < 1.29 is 13.7 Å². The van der Waals surface area contributed by atoms with Crippen molar-refractivity contribution in [3.8, 4) is 11.1 Å². The molecule has 1 aromatic carbocycles. The maximum Gasteiger partial charge on any atom is 0.277 e. The van der Waals surface area contributed by atoms with Crippen LogP contribution in [-0.4, -0.2) is 34.0 Å². The Morgan fingerprint density at radius 3 is 2.48 bits per heavy atom. The lowest BCUT2D eigenvalue weighted by molar-refractivity contribution is -0.384. The molecule has 0 unspecified atom stereocenters. The zero-order valence-electron chi connectivity index (χ0n) is 16.6. The van der Waals surface area contributed by atoms with Crippen molar-refractivity contribution in [2.45, 2.75) is 0 Å². The summed E-state index contributed by atoms with van der Waals surface area (Å²) in [5, 5.41) is 15.7. The number of anilines is 1. The Kier molecular flexibility index (Phi) is 10.0. The van der Waals surface area contributed by atoms with Gasteiger partial charge >= 0.3 is 0 Å². The van der Waals surface area contributed by atoms with Gasteiger partial charge in [-0.1, -0.05) is 37.4 Å². The number of pyridine rings is 1. The van der Waals surface area contributed by atoms with E-state index < -0.39 is 11.6 Å². The zero-order valence-corrected chi connectivity index (χ0v) is 16.6. The Morgan fingerprint density at radius 2 is 1.97 bits per heavy atom. The molecule has 31 heavy (non-hydrogen) atoms. The summed E-state index contributed by atoms with van der Waals surface area (Å²) < 4.78 is 25.3. The Hall–Kier alpha value is -4.12. The lowest BCUT2D eigenvalue weighted by atomic mass is 10.0. The SMILES string of the molecule is C=CC=C.N/N=C(/c1cc(-c2ccccc2[N+](=O)[O-])cnc1N)N(N)C/C(=C/F)CF. The van der Waals surface area contributed by atoms with Crippen LogP contribution in [0.25, 0.3) is 11.1 Å². The number of nitro benzene ring substituents is 1. The van der Waals surface area contributed by atoms with E-state index in [1.165, 1.54) is 24.4 Å². The Bertz CT molecular complexity index is 987. The molecule has 2 aromatic rings. The van der Waals surface area contributed by atoms with Gasteiger partial charge in [0.2, 0.25) is 0 Å². The van der Waals surface area contributed by atoms with Crippen LogP contribution in [-0.2, 0) is 0 Å². The second-order valence-corrected chi connectivity index (χ2v) is 5.88. The number of benzene rings is 1. The normalized spacial score (nSPS) is 11.2. The van der Waals surface area contributed by atoms with Crippen LogP contribution in [0.15, 0.2) is 78.8 Å². The molecule has 164 valence electrons. The van der Waals surface area contributed by atoms with Gasteiger partial charge in [-0.25, -0.2) is 19.6 Å². The van der Waals surface area contributed by atoms with Crippen molar-refractivity contribution in [2.24, 2.45) is 16.8 Å². The number of nitro groups is 1. The monoisotopic (exact) mass is 431 g/mol. The van der Waals surface area contributed by atoms with Gasteiger partial charge in [-0.3, -0.25) is 15.1 Å². The molecule has 9 nitrogen and oxygen atoms in total. The third kappa shape index (κ3) is 6.72. The predicted molar refractivity (Wildman–Crippen MR) is 118 cm³/mol. The fraction of sp³-hybridized carbons (Fsp3) is 0.100. The van der Waals surface area contributed by atoms with Gasteiger partial charge in [0.1, 0.15) is 12.5 Å². The van der Waals surface area contributed by atoms with Crippen LogP contribution in [0.5, 0.6) is 0 Å². The van der Waals surface area contributed by atoms with Gasteiger partial charge in [0, 0.05) is 23.4 Å². The second kappa shape index (κ2) is 12.4. The number of hydrazone groups is 1. The molecule has 0 atom stereocenters. The summed E-state index contributed by atoms with van der Waals surface area (Å²) in [6.07, 6.45) is 4.73. The van der Waals surface area contributed by atoms with Gasteiger partial charge in [0.25, 0.3) is 5.69 Å². The molecule has 0 aliphatic heterocycles. The van der Waals surface area contributed by atoms with Gasteiger partial charge in [0.05, 0.1) is 28.9 Å². The number of rotatable bonds is 7. The maximum atomic E-state index is 12.7. The van der Waals surface area contributed by atoms with E-state index in [9.17, 15) is 18.9 Å². The summed E-state index contributed by atoms with van der Waals surface area (Å²) in [6, 6.07) is 7.51. The highest BCUT2D eigenvalue weighted by Gasteiger charge is 2.20. The van der Waals surface area contributed by atoms with Gasteiger partial charge in [0.15, 0.2) is 5.84 Å². The van der Waals surface area contributed by atoms with Gasteiger partial charge in [-0.05, 0) is 12.1 Å². The Labute approximate surface area is 178 Å². The van der Waals surface area contributed by atoms with Crippen molar-refractivity contribution in [3.05, 3.63) is 89.4 Å². The quantitative estimate of drug-likeness (QED) is 0.152. The first kappa shape index (κ1) is 24.9. The molecule has 1 aromatic heterocycles. The van der Waals surface area contributed by atoms with Crippen molar-refractivity contribution >= 4 is 17.3 Å².